The Morgan fingerprint density at radius 3 is 3.00 bits per heavy atom. The van der Waals surface area contributed by atoms with Crippen molar-refractivity contribution in [2.45, 2.75) is 25.8 Å². The first-order valence-electron chi connectivity index (χ1n) is 5.97. The Bertz CT molecular complexity index is 532. The maximum Gasteiger partial charge on any atom is 0.141 e. The topological polar surface area (TPSA) is 55.0 Å². The first kappa shape index (κ1) is 10.9. The number of aromatic nitrogens is 2. The molecule has 2 N–H and O–H groups in total. The van der Waals surface area contributed by atoms with Gasteiger partial charge in [-0.15, -0.1) is 11.3 Å². The monoisotopic (exact) mass is 248 g/mol. The van der Waals surface area contributed by atoms with Gasteiger partial charge >= 0.3 is 0 Å². The summed E-state index contributed by atoms with van der Waals surface area (Å²) in [6, 6.07) is 2.82. The van der Waals surface area contributed by atoms with Crippen LogP contribution in [0.3, 0.4) is 0 Å². The van der Waals surface area contributed by atoms with E-state index in [1.165, 1.54) is 23.1 Å². The minimum atomic E-state index is 0.636. The third-order valence-corrected chi connectivity index (χ3v) is 4.02. The lowest BCUT2D eigenvalue weighted by Crippen LogP contribution is -2.32. The number of nitrogens with zero attached hydrogens (tertiary/aromatic N) is 3. The van der Waals surface area contributed by atoms with Gasteiger partial charge in [0.25, 0.3) is 0 Å². The number of thiophene rings is 1. The zero-order valence-electron chi connectivity index (χ0n) is 9.89. The summed E-state index contributed by atoms with van der Waals surface area (Å²) < 4.78 is 0. The van der Waals surface area contributed by atoms with Crippen LogP contribution in [0.4, 0.5) is 5.82 Å². The molecule has 90 valence electrons. The van der Waals surface area contributed by atoms with Crippen molar-refractivity contribution >= 4 is 27.4 Å². The number of hydrogen-bond acceptors (Lipinski definition) is 5. The van der Waals surface area contributed by atoms with Crippen LogP contribution in [0.1, 0.15) is 17.7 Å². The molecular weight excluding hydrogens is 232 g/mol. The van der Waals surface area contributed by atoms with Crippen molar-refractivity contribution in [3.8, 4) is 0 Å². The van der Waals surface area contributed by atoms with Gasteiger partial charge in [0, 0.05) is 24.0 Å². The molecule has 17 heavy (non-hydrogen) atoms. The van der Waals surface area contributed by atoms with Gasteiger partial charge in [-0.1, -0.05) is 0 Å². The fourth-order valence-corrected chi connectivity index (χ4v) is 3.02. The first-order chi connectivity index (χ1) is 8.29. The SMILES string of the molecule is Cc1cc2c(N(CCN)C3CC3)ncnc2s1. The summed E-state index contributed by atoms with van der Waals surface area (Å²) >= 11 is 1.72. The summed E-state index contributed by atoms with van der Waals surface area (Å²) in [5, 5.41) is 1.18. The molecule has 0 aliphatic heterocycles. The van der Waals surface area contributed by atoms with Crippen molar-refractivity contribution in [3.63, 3.8) is 0 Å². The minimum absolute atomic E-state index is 0.636. The van der Waals surface area contributed by atoms with Crippen molar-refractivity contribution in [1.29, 1.82) is 0 Å². The number of anilines is 1. The standard InChI is InChI=1S/C12H16N4S/c1-8-6-10-11(14-7-15-12(10)17-8)16(5-4-13)9-2-3-9/h6-7,9H,2-5,13H2,1H3. The molecule has 0 saturated heterocycles. The van der Waals surface area contributed by atoms with E-state index in [1.807, 2.05) is 0 Å². The van der Waals surface area contributed by atoms with E-state index in [1.54, 1.807) is 17.7 Å². The molecule has 3 rings (SSSR count). The van der Waals surface area contributed by atoms with E-state index < -0.39 is 0 Å². The van der Waals surface area contributed by atoms with E-state index in [0.717, 1.165) is 17.2 Å². The van der Waals surface area contributed by atoms with Gasteiger partial charge in [-0.05, 0) is 25.8 Å². The number of fused-ring (bicyclic) bond motifs is 1. The fourth-order valence-electron chi connectivity index (χ4n) is 2.18. The van der Waals surface area contributed by atoms with Crippen LogP contribution in [-0.2, 0) is 0 Å². The van der Waals surface area contributed by atoms with E-state index in [-0.39, 0.29) is 0 Å². The second-order valence-corrected chi connectivity index (χ2v) is 5.72. The van der Waals surface area contributed by atoms with Crippen LogP contribution in [0.5, 0.6) is 0 Å². The van der Waals surface area contributed by atoms with E-state index >= 15 is 0 Å². The van der Waals surface area contributed by atoms with Gasteiger partial charge < -0.3 is 10.6 Å². The molecule has 1 aliphatic carbocycles. The number of aryl methyl sites for hydroxylation is 1. The first-order valence-corrected chi connectivity index (χ1v) is 6.79. The van der Waals surface area contributed by atoms with Crippen LogP contribution in [0.25, 0.3) is 10.2 Å². The predicted octanol–water partition coefficient (Wildman–Crippen LogP) is 1.93. The summed E-state index contributed by atoms with van der Waals surface area (Å²) in [7, 11) is 0. The van der Waals surface area contributed by atoms with E-state index in [2.05, 4.69) is 27.9 Å². The summed E-state index contributed by atoms with van der Waals surface area (Å²) in [5.74, 6) is 1.06. The number of rotatable bonds is 4. The molecule has 4 nitrogen and oxygen atoms in total. The van der Waals surface area contributed by atoms with Crippen molar-refractivity contribution in [1.82, 2.24) is 9.97 Å². The second-order valence-electron chi connectivity index (χ2n) is 4.49. The maximum atomic E-state index is 5.70. The Balaban J connectivity index is 2.07. The average Bonchev–Trinajstić information content (AvgIpc) is 3.07. The molecule has 2 aromatic rings. The van der Waals surface area contributed by atoms with Gasteiger partial charge in [-0.25, -0.2) is 9.97 Å². The largest absolute Gasteiger partial charge is 0.352 e. The summed E-state index contributed by atoms with van der Waals surface area (Å²) in [5.41, 5.74) is 5.70. The molecule has 1 fully saturated rings. The van der Waals surface area contributed by atoms with Crippen LogP contribution in [-0.4, -0.2) is 29.1 Å². The molecule has 0 bridgehead atoms. The molecule has 1 aliphatic rings. The van der Waals surface area contributed by atoms with Crippen molar-refractivity contribution in [3.05, 3.63) is 17.3 Å². The van der Waals surface area contributed by atoms with Crippen LogP contribution in [0.15, 0.2) is 12.4 Å². The number of nitrogens with two attached hydrogens (primary N) is 1. The van der Waals surface area contributed by atoms with Gasteiger partial charge in [0.1, 0.15) is 17.0 Å². The van der Waals surface area contributed by atoms with Crippen molar-refractivity contribution in [2.24, 2.45) is 5.73 Å². The summed E-state index contributed by atoms with van der Waals surface area (Å²) in [6.07, 6.45) is 4.18. The summed E-state index contributed by atoms with van der Waals surface area (Å²) in [6.45, 7) is 3.66. The Hall–Kier alpha value is -1.20. The Labute approximate surface area is 104 Å². The van der Waals surface area contributed by atoms with Crippen LogP contribution in [0.2, 0.25) is 0 Å². The molecular formula is C12H16N4S. The van der Waals surface area contributed by atoms with E-state index in [0.29, 0.717) is 12.6 Å². The van der Waals surface area contributed by atoms with Gasteiger partial charge in [0.2, 0.25) is 0 Å². The quantitative estimate of drug-likeness (QED) is 0.898. The van der Waals surface area contributed by atoms with Gasteiger partial charge in [-0.3, -0.25) is 0 Å². The predicted molar refractivity (Wildman–Crippen MR) is 71.6 cm³/mol. The van der Waals surface area contributed by atoms with Crippen molar-refractivity contribution < 1.29 is 0 Å². The van der Waals surface area contributed by atoms with Gasteiger partial charge in [-0.2, -0.15) is 0 Å². The Kier molecular flexibility index (Phi) is 2.72. The Morgan fingerprint density at radius 2 is 2.29 bits per heavy atom. The molecule has 0 aromatic carbocycles. The molecule has 0 amide bonds. The number of hydrogen-bond donors (Lipinski definition) is 1. The molecule has 5 heteroatoms. The highest BCUT2D eigenvalue weighted by molar-refractivity contribution is 7.18. The van der Waals surface area contributed by atoms with Gasteiger partial charge in [0.15, 0.2) is 0 Å². The molecule has 0 unspecified atom stereocenters. The smallest absolute Gasteiger partial charge is 0.141 e. The lowest BCUT2D eigenvalue weighted by molar-refractivity contribution is 0.774. The zero-order valence-corrected chi connectivity index (χ0v) is 10.7. The fraction of sp³-hybridized carbons (Fsp3) is 0.500. The highest BCUT2D eigenvalue weighted by Crippen LogP contribution is 2.35. The van der Waals surface area contributed by atoms with Crippen molar-refractivity contribution in [2.75, 3.05) is 18.0 Å². The van der Waals surface area contributed by atoms with E-state index in [4.69, 9.17) is 5.73 Å². The molecule has 2 aromatic heterocycles. The lowest BCUT2D eigenvalue weighted by atomic mass is 10.3. The zero-order chi connectivity index (χ0) is 11.8. The maximum absolute atomic E-state index is 5.70. The minimum Gasteiger partial charge on any atom is -0.352 e. The van der Waals surface area contributed by atoms with Gasteiger partial charge in [0.05, 0.1) is 5.39 Å². The highest BCUT2D eigenvalue weighted by Gasteiger charge is 2.30. The normalized spacial score (nSPS) is 15.4. The molecule has 0 radical (unpaired) electrons. The molecule has 2 heterocycles. The lowest BCUT2D eigenvalue weighted by Gasteiger charge is -2.23. The summed E-state index contributed by atoms with van der Waals surface area (Å²) in [4.78, 5) is 13.5. The van der Waals surface area contributed by atoms with E-state index in [9.17, 15) is 0 Å². The molecule has 1 saturated carbocycles. The highest BCUT2D eigenvalue weighted by atomic mass is 32.1. The third-order valence-electron chi connectivity index (χ3n) is 3.06. The van der Waals surface area contributed by atoms with Crippen LogP contribution >= 0.6 is 11.3 Å². The van der Waals surface area contributed by atoms with Crippen LogP contribution < -0.4 is 10.6 Å². The molecule has 0 spiro atoms. The Morgan fingerprint density at radius 1 is 1.47 bits per heavy atom. The average molecular weight is 248 g/mol. The van der Waals surface area contributed by atoms with Crippen LogP contribution in [0, 0.1) is 6.92 Å². The second kappa shape index (κ2) is 4.23. The molecule has 0 atom stereocenters. The third kappa shape index (κ3) is 2.00.